The lowest BCUT2D eigenvalue weighted by Gasteiger charge is -2.09. The van der Waals surface area contributed by atoms with Crippen LogP contribution in [0.15, 0.2) is 83.7 Å². The normalized spacial score (nSPS) is 10.8. The Morgan fingerprint density at radius 1 is 0.897 bits per heavy atom. The molecule has 0 bridgehead atoms. The van der Waals surface area contributed by atoms with Gasteiger partial charge < -0.3 is 10.1 Å². The van der Waals surface area contributed by atoms with Crippen LogP contribution in [-0.2, 0) is 18.4 Å². The number of hydrogen-bond donors (Lipinski definition) is 1. The van der Waals surface area contributed by atoms with E-state index in [-0.39, 0.29) is 18.0 Å². The van der Waals surface area contributed by atoms with Gasteiger partial charge in [-0.25, -0.2) is 4.79 Å². The van der Waals surface area contributed by atoms with Crippen LogP contribution in [0.1, 0.15) is 6.42 Å². The van der Waals surface area contributed by atoms with Crippen LogP contribution in [0.2, 0.25) is 0 Å². The molecule has 1 amide bonds. The third kappa shape index (κ3) is 4.06. The number of hydrogen-bond acceptors (Lipinski definition) is 3. The van der Waals surface area contributed by atoms with Gasteiger partial charge in [0.05, 0.1) is 11.0 Å². The SMILES string of the molecule is Cn1c(=O)n(CCC(=O)Nc2cccc(Oc3ccccc3)c2)c2ccccc21. The van der Waals surface area contributed by atoms with E-state index in [4.69, 9.17) is 4.74 Å². The number of benzene rings is 3. The molecule has 146 valence electrons. The van der Waals surface area contributed by atoms with Crippen molar-refractivity contribution >= 4 is 22.6 Å². The first kappa shape index (κ1) is 18.6. The maximum absolute atomic E-state index is 12.5. The van der Waals surface area contributed by atoms with Crippen LogP contribution in [0.3, 0.4) is 0 Å². The van der Waals surface area contributed by atoms with Crippen LogP contribution in [0.4, 0.5) is 5.69 Å². The number of amides is 1. The monoisotopic (exact) mass is 387 g/mol. The number of carbonyl (C=O) groups excluding carboxylic acids is 1. The highest BCUT2D eigenvalue weighted by atomic mass is 16.5. The zero-order valence-electron chi connectivity index (χ0n) is 16.0. The molecule has 1 aromatic heterocycles. The van der Waals surface area contributed by atoms with Gasteiger partial charge in [-0.3, -0.25) is 13.9 Å². The van der Waals surface area contributed by atoms with E-state index in [1.165, 1.54) is 0 Å². The third-order valence-electron chi connectivity index (χ3n) is 4.71. The van der Waals surface area contributed by atoms with E-state index in [9.17, 15) is 9.59 Å². The molecule has 1 N–H and O–H groups in total. The molecule has 1 heterocycles. The number of aromatic nitrogens is 2. The number of nitrogens with zero attached hydrogens (tertiary/aromatic N) is 2. The summed E-state index contributed by atoms with van der Waals surface area (Å²) in [6.07, 6.45) is 0.192. The first-order valence-corrected chi connectivity index (χ1v) is 9.39. The molecule has 6 nitrogen and oxygen atoms in total. The van der Waals surface area contributed by atoms with Crippen LogP contribution in [0.5, 0.6) is 11.5 Å². The van der Waals surface area contributed by atoms with Gasteiger partial charge in [0.2, 0.25) is 5.91 Å². The van der Waals surface area contributed by atoms with Gasteiger partial charge in [0.15, 0.2) is 0 Å². The van der Waals surface area contributed by atoms with Crippen molar-refractivity contribution in [1.29, 1.82) is 0 Å². The van der Waals surface area contributed by atoms with E-state index < -0.39 is 0 Å². The first-order valence-electron chi connectivity index (χ1n) is 9.39. The average molecular weight is 387 g/mol. The van der Waals surface area contributed by atoms with Gasteiger partial charge in [-0.05, 0) is 36.4 Å². The van der Waals surface area contributed by atoms with Gasteiger partial charge in [-0.15, -0.1) is 0 Å². The molecule has 6 heteroatoms. The van der Waals surface area contributed by atoms with Crippen molar-refractivity contribution in [3.05, 3.63) is 89.3 Å². The average Bonchev–Trinajstić information content (AvgIpc) is 2.98. The highest BCUT2D eigenvalue weighted by Gasteiger charge is 2.11. The first-order chi connectivity index (χ1) is 14.1. The fourth-order valence-electron chi connectivity index (χ4n) is 3.28. The standard InChI is InChI=1S/C23H21N3O3/c1-25-20-12-5-6-13-21(20)26(23(25)28)15-14-22(27)24-17-8-7-11-19(16-17)29-18-9-3-2-4-10-18/h2-13,16H,14-15H2,1H3,(H,24,27). The summed E-state index contributed by atoms with van der Waals surface area (Å²) in [4.78, 5) is 24.9. The number of ether oxygens (including phenoxy) is 1. The maximum atomic E-state index is 12.5. The van der Waals surface area contributed by atoms with E-state index in [1.807, 2.05) is 66.7 Å². The number of imidazole rings is 1. The zero-order valence-corrected chi connectivity index (χ0v) is 16.0. The Hall–Kier alpha value is -3.80. The van der Waals surface area contributed by atoms with Crippen molar-refractivity contribution in [2.75, 3.05) is 5.32 Å². The van der Waals surface area contributed by atoms with E-state index in [0.29, 0.717) is 18.0 Å². The highest BCUT2D eigenvalue weighted by Crippen LogP contribution is 2.24. The number of fused-ring (bicyclic) bond motifs is 1. The van der Waals surface area contributed by atoms with Crippen molar-refractivity contribution in [3.63, 3.8) is 0 Å². The summed E-state index contributed by atoms with van der Waals surface area (Å²) in [6, 6.07) is 24.2. The summed E-state index contributed by atoms with van der Waals surface area (Å²) in [7, 11) is 1.74. The van der Waals surface area contributed by atoms with Gasteiger partial charge in [0.1, 0.15) is 11.5 Å². The van der Waals surface area contributed by atoms with Crippen molar-refractivity contribution in [2.45, 2.75) is 13.0 Å². The molecule has 3 aromatic carbocycles. The molecule has 0 unspecified atom stereocenters. The smallest absolute Gasteiger partial charge is 0.328 e. The molecular weight excluding hydrogens is 366 g/mol. The zero-order chi connectivity index (χ0) is 20.2. The van der Waals surface area contributed by atoms with Gasteiger partial charge in [0.25, 0.3) is 0 Å². The number of rotatable bonds is 6. The molecule has 0 aliphatic heterocycles. The summed E-state index contributed by atoms with van der Waals surface area (Å²) >= 11 is 0. The highest BCUT2D eigenvalue weighted by molar-refractivity contribution is 5.91. The summed E-state index contributed by atoms with van der Waals surface area (Å²) < 4.78 is 9.02. The Balaban J connectivity index is 1.43. The van der Waals surface area contributed by atoms with Crippen LogP contribution >= 0.6 is 0 Å². The summed E-state index contributed by atoms with van der Waals surface area (Å²) in [6.45, 7) is 0.312. The molecule has 0 saturated heterocycles. The quantitative estimate of drug-likeness (QED) is 0.540. The van der Waals surface area contributed by atoms with Gasteiger partial charge in [-0.1, -0.05) is 36.4 Å². The summed E-state index contributed by atoms with van der Waals surface area (Å²) in [5, 5.41) is 2.87. The lowest BCUT2D eigenvalue weighted by molar-refractivity contribution is -0.116. The number of anilines is 1. The van der Waals surface area contributed by atoms with E-state index in [1.54, 1.807) is 28.3 Å². The van der Waals surface area contributed by atoms with Crippen molar-refractivity contribution < 1.29 is 9.53 Å². The second kappa shape index (κ2) is 8.06. The molecule has 29 heavy (non-hydrogen) atoms. The molecule has 4 rings (SSSR count). The maximum Gasteiger partial charge on any atom is 0.328 e. The minimum absolute atomic E-state index is 0.128. The van der Waals surface area contributed by atoms with Gasteiger partial charge in [-0.2, -0.15) is 0 Å². The van der Waals surface area contributed by atoms with Crippen molar-refractivity contribution in [3.8, 4) is 11.5 Å². The minimum Gasteiger partial charge on any atom is -0.457 e. The molecule has 0 saturated carbocycles. The predicted octanol–water partition coefficient (Wildman–Crippen LogP) is 4.16. The second-order valence-corrected chi connectivity index (χ2v) is 6.72. The van der Waals surface area contributed by atoms with E-state index in [2.05, 4.69) is 5.32 Å². The van der Waals surface area contributed by atoms with Crippen LogP contribution < -0.4 is 15.7 Å². The lowest BCUT2D eigenvalue weighted by atomic mass is 10.2. The lowest BCUT2D eigenvalue weighted by Crippen LogP contribution is -2.24. The number of carbonyl (C=O) groups is 1. The van der Waals surface area contributed by atoms with Crippen LogP contribution in [-0.4, -0.2) is 15.0 Å². The Morgan fingerprint density at radius 2 is 1.59 bits per heavy atom. The molecule has 0 atom stereocenters. The number of para-hydroxylation sites is 3. The largest absolute Gasteiger partial charge is 0.457 e. The molecular formula is C23H21N3O3. The van der Waals surface area contributed by atoms with E-state index in [0.717, 1.165) is 16.8 Å². The van der Waals surface area contributed by atoms with Gasteiger partial charge >= 0.3 is 5.69 Å². The van der Waals surface area contributed by atoms with E-state index >= 15 is 0 Å². The Morgan fingerprint density at radius 3 is 2.38 bits per heavy atom. The third-order valence-corrected chi connectivity index (χ3v) is 4.71. The minimum atomic E-state index is -0.165. The van der Waals surface area contributed by atoms with Crippen LogP contribution in [0.25, 0.3) is 11.0 Å². The summed E-state index contributed by atoms with van der Waals surface area (Å²) in [5.74, 6) is 1.20. The Kier molecular flexibility index (Phi) is 5.16. The molecule has 0 aliphatic carbocycles. The molecule has 0 radical (unpaired) electrons. The predicted molar refractivity (Wildman–Crippen MR) is 113 cm³/mol. The van der Waals surface area contributed by atoms with Gasteiger partial charge in [0, 0.05) is 31.8 Å². The Bertz CT molecular complexity index is 1210. The Labute approximate surface area is 168 Å². The molecule has 0 spiro atoms. The number of aryl methyl sites for hydroxylation is 2. The molecule has 4 aromatic rings. The summed E-state index contributed by atoms with van der Waals surface area (Å²) in [5.41, 5.74) is 2.20. The number of nitrogens with one attached hydrogen (secondary N) is 1. The van der Waals surface area contributed by atoms with Crippen molar-refractivity contribution in [1.82, 2.24) is 9.13 Å². The topological polar surface area (TPSA) is 65.3 Å². The van der Waals surface area contributed by atoms with Crippen molar-refractivity contribution in [2.24, 2.45) is 7.05 Å². The molecule has 0 aliphatic rings. The fourth-order valence-corrected chi connectivity index (χ4v) is 3.28. The molecule has 0 fully saturated rings. The fraction of sp³-hybridized carbons (Fsp3) is 0.130. The van der Waals surface area contributed by atoms with Crippen LogP contribution in [0, 0.1) is 0 Å². The second-order valence-electron chi connectivity index (χ2n) is 6.72.